The fourth-order valence-corrected chi connectivity index (χ4v) is 2.36. The van der Waals surface area contributed by atoms with Crippen LogP contribution in [0.25, 0.3) is 0 Å². The van der Waals surface area contributed by atoms with Gasteiger partial charge in [-0.05, 0) is 6.42 Å². The Morgan fingerprint density at radius 2 is 1.89 bits per heavy atom. The predicted octanol–water partition coefficient (Wildman–Crippen LogP) is -1.14. The Kier molecular flexibility index (Phi) is 12.9. The Labute approximate surface area is 134 Å². The van der Waals surface area contributed by atoms with Gasteiger partial charge in [0.2, 0.25) is 5.91 Å². The molecule has 0 heterocycles. The molecule has 18 heavy (non-hydrogen) atoms. The zero-order valence-electron chi connectivity index (χ0n) is 12.6. The number of amides is 1. The Morgan fingerprint density at radius 1 is 1.28 bits per heavy atom. The first-order valence-electron chi connectivity index (χ1n) is 6.13. The van der Waals surface area contributed by atoms with E-state index in [0.717, 1.165) is 25.7 Å². The molecular weight excluding hydrogens is 265 g/mol. The summed E-state index contributed by atoms with van der Waals surface area (Å²) < 4.78 is 30.4. The van der Waals surface area contributed by atoms with E-state index in [9.17, 15) is 13.2 Å². The SMILES string of the molecule is CCCCCCC(CS(=O)(=O)O)NC(=O)CC.[H-].[Na+]. The van der Waals surface area contributed by atoms with Crippen molar-refractivity contribution < 1.29 is 48.7 Å². The summed E-state index contributed by atoms with van der Waals surface area (Å²) in [7, 11) is -4.03. The second-order valence-corrected chi connectivity index (χ2v) is 5.71. The Morgan fingerprint density at radius 3 is 2.33 bits per heavy atom. The molecule has 0 saturated carbocycles. The Bertz CT molecular complexity index is 325. The van der Waals surface area contributed by atoms with Crippen LogP contribution in [0.5, 0.6) is 0 Å². The molecule has 1 unspecified atom stereocenters. The van der Waals surface area contributed by atoms with Crippen LogP contribution < -0.4 is 34.9 Å². The Balaban J connectivity index is -0.00000128. The summed E-state index contributed by atoms with van der Waals surface area (Å²) in [6, 6.07) is -0.477. The van der Waals surface area contributed by atoms with Crippen LogP contribution in [0.1, 0.15) is 53.8 Å². The molecule has 1 amide bonds. The zero-order chi connectivity index (χ0) is 13.3. The monoisotopic (exact) mass is 289 g/mol. The van der Waals surface area contributed by atoms with E-state index in [0.29, 0.717) is 12.8 Å². The van der Waals surface area contributed by atoms with Crippen LogP contribution in [-0.2, 0) is 14.9 Å². The van der Waals surface area contributed by atoms with E-state index < -0.39 is 21.9 Å². The van der Waals surface area contributed by atoms with Crippen LogP contribution in [0, 0.1) is 0 Å². The molecule has 0 aliphatic carbocycles. The van der Waals surface area contributed by atoms with Crippen LogP contribution in [0.3, 0.4) is 0 Å². The molecule has 0 spiro atoms. The van der Waals surface area contributed by atoms with Crippen LogP contribution in [0.2, 0.25) is 0 Å². The van der Waals surface area contributed by atoms with Gasteiger partial charge in [-0.25, -0.2) is 0 Å². The number of carbonyl (C=O) groups excluding carboxylic acids is 1. The van der Waals surface area contributed by atoms with E-state index in [1.54, 1.807) is 6.92 Å². The van der Waals surface area contributed by atoms with Crippen molar-refractivity contribution in [2.24, 2.45) is 0 Å². The predicted molar refractivity (Wildman–Crippen MR) is 68.5 cm³/mol. The molecule has 7 heteroatoms. The molecule has 1 atom stereocenters. The van der Waals surface area contributed by atoms with Crippen molar-refractivity contribution in [2.45, 2.75) is 58.4 Å². The number of rotatable bonds is 9. The average Bonchev–Trinajstić information content (AvgIpc) is 2.21. The molecule has 0 rings (SSSR count). The van der Waals surface area contributed by atoms with Gasteiger partial charge in [0.25, 0.3) is 10.1 Å². The van der Waals surface area contributed by atoms with Crippen LogP contribution in [0.15, 0.2) is 0 Å². The second kappa shape index (κ2) is 11.2. The fraction of sp³-hybridized carbons (Fsp3) is 0.909. The minimum absolute atomic E-state index is 0. The standard InChI is InChI=1S/C11H23NO4S.Na.H/c1-3-5-6-7-8-10(9-17(14,15)16)12-11(13)4-2;;/h10H,3-9H2,1-2H3,(H,12,13)(H,14,15,16);;/q;+1;-1. The van der Waals surface area contributed by atoms with Crippen molar-refractivity contribution in [2.75, 3.05) is 5.75 Å². The molecule has 0 aromatic heterocycles. The summed E-state index contributed by atoms with van der Waals surface area (Å²) in [5.41, 5.74) is 0. The summed E-state index contributed by atoms with van der Waals surface area (Å²) in [5.74, 6) is -0.584. The molecule has 0 saturated heterocycles. The number of hydrogen-bond donors (Lipinski definition) is 2. The van der Waals surface area contributed by atoms with E-state index in [4.69, 9.17) is 4.55 Å². The van der Waals surface area contributed by atoms with Crippen LogP contribution >= 0.6 is 0 Å². The molecule has 0 bridgehead atoms. The van der Waals surface area contributed by atoms with E-state index >= 15 is 0 Å². The van der Waals surface area contributed by atoms with Crippen molar-refractivity contribution in [1.29, 1.82) is 0 Å². The summed E-state index contributed by atoms with van der Waals surface area (Å²) in [5, 5.41) is 2.62. The van der Waals surface area contributed by atoms with E-state index in [1.165, 1.54) is 0 Å². The maximum atomic E-state index is 11.2. The van der Waals surface area contributed by atoms with Crippen molar-refractivity contribution in [3.63, 3.8) is 0 Å². The molecular formula is C11H24NNaO4S. The number of carbonyl (C=O) groups is 1. The van der Waals surface area contributed by atoms with Gasteiger partial charge >= 0.3 is 29.6 Å². The van der Waals surface area contributed by atoms with Crippen LogP contribution in [-0.4, -0.2) is 30.7 Å². The van der Waals surface area contributed by atoms with E-state index in [1.807, 2.05) is 0 Å². The van der Waals surface area contributed by atoms with Gasteiger partial charge in [-0.15, -0.1) is 0 Å². The topological polar surface area (TPSA) is 83.5 Å². The Hall–Kier alpha value is 0.380. The first-order valence-corrected chi connectivity index (χ1v) is 7.74. The molecule has 5 nitrogen and oxygen atoms in total. The molecule has 0 radical (unpaired) electrons. The molecule has 0 aliphatic heterocycles. The second-order valence-electron chi connectivity index (χ2n) is 4.22. The van der Waals surface area contributed by atoms with Gasteiger partial charge in [0, 0.05) is 12.5 Å². The maximum Gasteiger partial charge on any atom is 1.00 e. The van der Waals surface area contributed by atoms with Gasteiger partial charge in [-0.1, -0.05) is 39.5 Å². The van der Waals surface area contributed by atoms with Crippen molar-refractivity contribution in [3.8, 4) is 0 Å². The average molecular weight is 289 g/mol. The van der Waals surface area contributed by atoms with Crippen LogP contribution in [0.4, 0.5) is 0 Å². The smallest absolute Gasteiger partial charge is 1.00 e. The maximum absolute atomic E-state index is 11.2. The van der Waals surface area contributed by atoms with E-state index in [-0.39, 0.29) is 36.9 Å². The normalized spacial score (nSPS) is 12.6. The minimum atomic E-state index is -4.03. The quantitative estimate of drug-likeness (QED) is 0.319. The first-order chi connectivity index (χ1) is 7.89. The molecule has 2 N–H and O–H groups in total. The third-order valence-corrected chi connectivity index (χ3v) is 3.33. The van der Waals surface area contributed by atoms with Crippen molar-refractivity contribution in [1.82, 2.24) is 5.32 Å². The fourth-order valence-electron chi connectivity index (χ4n) is 1.60. The number of unbranched alkanes of at least 4 members (excludes halogenated alkanes) is 3. The minimum Gasteiger partial charge on any atom is -1.00 e. The summed E-state index contributed by atoms with van der Waals surface area (Å²) in [4.78, 5) is 11.2. The van der Waals surface area contributed by atoms with E-state index in [2.05, 4.69) is 12.2 Å². The summed E-state index contributed by atoms with van der Waals surface area (Å²) >= 11 is 0. The van der Waals surface area contributed by atoms with Gasteiger partial charge in [-0.2, -0.15) is 8.42 Å². The molecule has 0 aromatic carbocycles. The van der Waals surface area contributed by atoms with Gasteiger partial charge in [0.05, 0.1) is 5.75 Å². The van der Waals surface area contributed by atoms with Gasteiger partial charge < -0.3 is 6.74 Å². The number of nitrogens with one attached hydrogen (secondary N) is 1. The van der Waals surface area contributed by atoms with Gasteiger partial charge in [0.1, 0.15) is 0 Å². The first kappa shape index (κ1) is 20.7. The summed E-state index contributed by atoms with van der Waals surface area (Å²) in [6.07, 6.45) is 4.98. The zero-order valence-corrected chi connectivity index (χ0v) is 14.4. The third kappa shape index (κ3) is 12.8. The molecule has 104 valence electrons. The number of hydrogen-bond acceptors (Lipinski definition) is 3. The van der Waals surface area contributed by atoms with Crippen molar-refractivity contribution >= 4 is 16.0 Å². The molecule has 0 fully saturated rings. The largest absolute Gasteiger partial charge is 1.00 e. The van der Waals surface area contributed by atoms with Crippen molar-refractivity contribution in [3.05, 3.63) is 0 Å². The summed E-state index contributed by atoms with van der Waals surface area (Å²) in [6.45, 7) is 3.80. The van der Waals surface area contributed by atoms with Gasteiger partial charge in [-0.3, -0.25) is 9.35 Å². The van der Waals surface area contributed by atoms with Gasteiger partial charge in [0.15, 0.2) is 0 Å². The third-order valence-electron chi connectivity index (χ3n) is 2.50. The molecule has 0 aliphatic rings. The molecule has 0 aromatic rings.